The normalized spacial score (nSPS) is 11.3. The van der Waals surface area contributed by atoms with Gasteiger partial charge in [-0.05, 0) is 6.07 Å². The van der Waals surface area contributed by atoms with Crippen molar-refractivity contribution in [3.05, 3.63) is 46.8 Å². The standard InChI is InChI=1S/C14H16ClNOS/c1-2-7-16(8-9-17)10-13-14(15)11-5-3-4-6-12(11)18-13/h2-6,17H,1,7-10H2. The first-order valence-electron chi connectivity index (χ1n) is 5.86. The van der Waals surface area contributed by atoms with Crippen molar-refractivity contribution in [2.75, 3.05) is 19.7 Å². The highest BCUT2D eigenvalue weighted by Crippen LogP contribution is 2.35. The number of aliphatic hydroxyl groups is 1. The van der Waals surface area contributed by atoms with Gasteiger partial charge in [-0.1, -0.05) is 35.9 Å². The summed E-state index contributed by atoms with van der Waals surface area (Å²) in [7, 11) is 0. The van der Waals surface area contributed by atoms with Crippen molar-refractivity contribution in [2.45, 2.75) is 6.54 Å². The molecule has 1 N–H and O–H groups in total. The van der Waals surface area contributed by atoms with Crippen molar-refractivity contribution in [1.29, 1.82) is 0 Å². The maximum atomic E-state index is 9.04. The summed E-state index contributed by atoms with van der Waals surface area (Å²) >= 11 is 8.11. The number of hydrogen-bond acceptors (Lipinski definition) is 3. The maximum Gasteiger partial charge on any atom is 0.0637 e. The van der Waals surface area contributed by atoms with Crippen molar-refractivity contribution >= 4 is 33.0 Å². The monoisotopic (exact) mass is 281 g/mol. The van der Waals surface area contributed by atoms with Gasteiger partial charge in [-0.3, -0.25) is 4.90 Å². The van der Waals surface area contributed by atoms with Gasteiger partial charge < -0.3 is 5.11 Å². The molecule has 1 heterocycles. The highest BCUT2D eigenvalue weighted by Gasteiger charge is 2.12. The van der Waals surface area contributed by atoms with Crippen LogP contribution in [-0.2, 0) is 6.54 Å². The molecule has 2 nitrogen and oxygen atoms in total. The minimum atomic E-state index is 0.149. The highest BCUT2D eigenvalue weighted by molar-refractivity contribution is 7.19. The summed E-state index contributed by atoms with van der Waals surface area (Å²) in [6, 6.07) is 8.15. The Morgan fingerprint density at radius 1 is 1.39 bits per heavy atom. The number of halogens is 1. The van der Waals surface area contributed by atoms with Crippen LogP contribution < -0.4 is 0 Å². The van der Waals surface area contributed by atoms with Crippen LogP contribution in [0.4, 0.5) is 0 Å². The van der Waals surface area contributed by atoms with Gasteiger partial charge in [-0.25, -0.2) is 0 Å². The van der Waals surface area contributed by atoms with Gasteiger partial charge in [0.1, 0.15) is 0 Å². The molecule has 96 valence electrons. The number of benzene rings is 1. The Labute approximate surface area is 116 Å². The third-order valence-electron chi connectivity index (χ3n) is 2.77. The van der Waals surface area contributed by atoms with E-state index in [0.717, 1.165) is 28.4 Å². The first-order valence-corrected chi connectivity index (χ1v) is 7.05. The molecule has 0 aliphatic rings. The highest BCUT2D eigenvalue weighted by atomic mass is 35.5. The van der Waals surface area contributed by atoms with Gasteiger partial charge >= 0.3 is 0 Å². The molecule has 0 saturated heterocycles. The molecular formula is C14H16ClNOS. The molecule has 0 saturated carbocycles. The van der Waals surface area contributed by atoms with E-state index in [4.69, 9.17) is 16.7 Å². The number of rotatable bonds is 6. The fourth-order valence-electron chi connectivity index (χ4n) is 1.93. The van der Waals surface area contributed by atoms with Gasteiger partial charge in [0.15, 0.2) is 0 Å². The van der Waals surface area contributed by atoms with Gasteiger partial charge in [0.05, 0.1) is 11.6 Å². The summed E-state index contributed by atoms with van der Waals surface area (Å²) < 4.78 is 1.21. The second-order valence-electron chi connectivity index (χ2n) is 4.08. The largest absolute Gasteiger partial charge is 0.395 e. The minimum absolute atomic E-state index is 0.149. The van der Waals surface area contributed by atoms with Crippen LogP contribution in [0.15, 0.2) is 36.9 Å². The molecule has 1 aromatic carbocycles. The van der Waals surface area contributed by atoms with Gasteiger partial charge in [-0.15, -0.1) is 17.9 Å². The zero-order chi connectivity index (χ0) is 13.0. The summed E-state index contributed by atoms with van der Waals surface area (Å²) in [6.07, 6.45) is 1.84. The fraction of sp³-hybridized carbons (Fsp3) is 0.286. The molecule has 2 rings (SSSR count). The number of hydrogen-bond donors (Lipinski definition) is 1. The van der Waals surface area contributed by atoms with Gasteiger partial charge in [0, 0.05) is 34.6 Å². The van der Waals surface area contributed by atoms with Crippen LogP contribution in [0.2, 0.25) is 5.02 Å². The lowest BCUT2D eigenvalue weighted by Gasteiger charge is -2.18. The third kappa shape index (κ3) is 2.93. The number of aliphatic hydroxyl groups excluding tert-OH is 1. The molecule has 0 spiro atoms. The van der Waals surface area contributed by atoms with Crippen molar-refractivity contribution in [1.82, 2.24) is 4.90 Å². The predicted octanol–water partition coefficient (Wildman–Crippen LogP) is 3.54. The molecule has 0 aliphatic heterocycles. The smallest absolute Gasteiger partial charge is 0.0637 e. The van der Waals surface area contributed by atoms with E-state index in [1.54, 1.807) is 11.3 Å². The lowest BCUT2D eigenvalue weighted by atomic mass is 10.2. The third-order valence-corrected chi connectivity index (χ3v) is 4.47. The molecule has 0 fully saturated rings. The van der Waals surface area contributed by atoms with E-state index in [-0.39, 0.29) is 6.61 Å². The SMILES string of the molecule is C=CCN(CCO)Cc1sc2ccccc2c1Cl. The zero-order valence-corrected chi connectivity index (χ0v) is 11.7. The zero-order valence-electron chi connectivity index (χ0n) is 10.1. The second-order valence-corrected chi connectivity index (χ2v) is 5.60. The lowest BCUT2D eigenvalue weighted by Crippen LogP contribution is -2.26. The summed E-state index contributed by atoms with van der Waals surface area (Å²) in [5.74, 6) is 0. The Morgan fingerprint density at radius 2 is 2.17 bits per heavy atom. The van der Waals surface area contributed by atoms with E-state index < -0.39 is 0 Å². The summed E-state index contributed by atoms with van der Waals surface area (Å²) in [4.78, 5) is 3.28. The number of nitrogens with zero attached hydrogens (tertiary/aromatic N) is 1. The van der Waals surface area contributed by atoms with E-state index in [0.29, 0.717) is 6.54 Å². The molecule has 18 heavy (non-hydrogen) atoms. The van der Waals surface area contributed by atoms with Crippen molar-refractivity contribution in [3.63, 3.8) is 0 Å². The van der Waals surface area contributed by atoms with Crippen LogP contribution in [0.3, 0.4) is 0 Å². The van der Waals surface area contributed by atoms with Crippen molar-refractivity contribution in [2.24, 2.45) is 0 Å². The molecular weight excluding hydrogens is 266 g/mol. The van der Waals surface area contributed by atoms with Crippen LogP contribution in [0, 0.1) is 0 Å². The Kier molecular flexibility index (Phi) is 4.78. The Balaban J connectivity index is 2.24. The molecule has 4 heteroatoms. The number of thiophene rings is 1. The Hall–Kier alpha value is -0.870. The predicted molar refractivity (Wildman–Crippen MR) is 79.4 cm³/mol. The number of fused-ring (bicyclic) bond motifs is 1. The van der Waals surface area contributed by atoms with Crippen LogP contribution in [0.5, 0.6) is 0 Å². The van der Waals surface area contributed by atoms with E-state index in [1.165, 1.54) is 4.70 Å². The Morgan fingerprint density at radius 3 is 2.83 bits per heavy atom. The van der Waals surface area contributed by atoms with E-state index in [9.17, 15) is 0 Å². The van der Waals surface area contributed by atoms with E-state index >= 15 is 0 Å². The average molecular weight is 282 g/mol. The molecule has 0 radical (unpaired) electrons. The average Bonchev–Trinajstić information content (AvgIpc) is 2.68. The molecule has 0 atom stereocenters. The maximum absolute atomic E-state index is 9.04. The molecule has 0 amide bonds. The first-order chi connectivity index (χ1) is 8.76. The van der Waals surface area contributed by atoms with Crippen molar-refractivity contribution < 1.29 is 5.11 Å². The summed E-state index contributed by atoms with van der Waals surface area (Å²) in [6.45, 7) is 6.03. The molecule has 0 bridgehead atoms. The van der Waals surface area contributed by atoms with Crippen LogP contribution in [-0.4, -0.2) is 29.7 Å². The van der Waals surface area contributed by atoms with Crippen LogP contribution in [0.25, 0.3) is 10.1 Å². The quantitative estimate of drug-likeness (QED) is 0.819. The summed E-state index contributed by atoms with van der Waals surface area (Å²) in [5.41, 5.74) is 0. The molecule has 0 unspecified atom stereocenters. The van der Waals surface area contributed by atoms with Gasteiger partial charge in [-0.2, -0.15) is 0 Å². The fourth-order valence-corrected chi connectivity index (χ4v) is 3.46. The lowest BCUT2D eigenvalue weighted by molar-refractivity contribution is 0.204. The van der Waals surface area contributed by atoms with Gasteiger partial charge in [0.2, 0.25) is 0 Å². The second kappa shape index (κ2) is 6.34. The van der Waals surface area contributed by atoms with Crippen LogP contribution in [0.1, 0.15) is 4.88 Å². The first kappa shape index (κ1) is 13.6. The topological polar surface area (TPSA) is 23.5 Å². The van der Waals surface area contributed by atoms with Crippen molar-refractivity contribution in [3.8, 4) is 0 Å². The summed E-state index contributed by atoms with van der Waals surface area (Å²) in [5, 5.41) is 11.0. The van der Waals surface area contributed by atoms with Crippen LogP contribution >= 0.6 is 22.9 Å². The molecule has 2 aromatic rings. The van der Waals surface area contributed by atoms with E-state index in [1.807, 2.05) is 24.3 Å². The molecule has 0 aliphatic carbocycles. The minimum Gasteiger partial charge on any atom is -0.395 e. The Bertz CT molecular complexity index is 538. The van der Waals surface area contributed by atoms with Gasteiger partial charge in [0.25, 0.3) is 0 Å². The molecule has 1 aromatic heterocycles. The van der Waals surface area contributed by atoms with E-state index in [2.05, 4.69) is 17.5 Å².